The SMILES string of the molecule is Nc1cccc(CS(=O)CC2CCCC2)c1. The fraction of sp³-hybridized carbons (Fsp3) is 0.538. The smallest absolute Gasteiger partial charge is 0.0486 e. The molecule has 0 amide bonds. The predicted octanol–water partition coefficient (Wildman–Crippen LogP) is 2.71. The molecule has 0 heterocycles. The second-order valence-corrected chi connectivity index (χ2v) is 6.15. The van der Waals surface area contributed by atoms with Crippen LogP contribution in [0.2, 0.25) is 0 Å². The first kappa shape index (κ1) is 11.6. The zero-order chi connectivity index (χ0) is 11.4. The summed E-state index contributed by atoms with van der Waals surface area (Å²) in [7, 11) is -0.725. The Labute approximate surface area is 99.7 Å². The van der Waals surface area contributed by atoms with Gasteiger partial charge in [0.15, 0.2) is 0 Å². The van der Waals surface area contributed by atoms with E-state index in [9.17, 15) is 4.21 Å². The molecule has 0 saturated heterocycles. The first-order valence-electron chi connectivity index (χ1n) is 5.93. The number of benzene rings is 1. The molecular weight excluding hydrogens is 218 g/mol. The van der Waals surface area contributed by atoms with Gasteiger partial charge in [0, 0.05) is 28.0 Å². The van der Waals surface area contributed by atoms with Gasteiger partial charge in [-0.2, -0.15) is 0 Å². The maximum absolute atomic E-state index is 12.0. The van der Waals surface area contributed by atoms with Crippen LogP contribution in [0.3, 0.4) is 0 Å². The third-order valence-electron chi connectivity index (χ3n) is 3.18. The highest BCUT2D eigenvalue weighted by atomic mass is 32.2. The number of hydrogen-bond donors (Lipinski definition) is 1. The number of rotatable bonds is 4. The highest BCUT2D eigenvalue weighted by Crippen LogP contribution is 2.25. The summed E-state index contributed by atoms with van der Waals surface area (Å²) in [4.78, 5) is 0. The van der Waals surface area contributed by atoms with Gasteiger partial charge in [0.05, 0.1) is 0 Å². The molecule has 0 radical (unpaired) electrons. The van der Waals surface area contributed by atoms with Gasteiger partial charge in [0.1, 0.15) is 0 Å². The van der Waals surface area contributed by atoms with Crippen LogP contribution in [0.1, 0.15) is 31.2 Å². The van der Waals surface area contributed by atoms with Crippen LogP contribution >= 0.6 is 0 Å². The fourth-order valence-electron chi connectivity index (χ4n) is 2.37. The second-order valence-electron chi connectivity index (χ2n) is 4.65. The minimum atomic E-state index is -0.725. The molecule has 3 heteroatoms. The summed E-state index contributed by atoms with van der Waals surface area (Å²) in [6, 6.07) is 7.72. The molecule has 1 atom stereocenters. The van der Waals surface area contributed by atoms with Crippen LogP contribution in [-0.4, -0.2) is 9.96 Å². The average molecular weight is 237 g/mol. The third-order valence-corrected chi connectivity index (χ3v) is 4.67. The molecule has 2 nitrogen and oxygen atoms in total. The van der Waals surface area contributed by atoms with E-state index in [-0.39, 0.29) is 0 Å². The van der Waals surface area contributed by atoms with E-state index in [0.29, 0.717) is 11.7 Å². The Kier molecular flexibility index (Phi) is 3.99. The number of nitrogen functional groups attached to an aromatic ring is 1. The van der Waals surface area contributed by atoms with Crippen molar-refractivity contribution < 1.29 is 4.21 Å². The molecule has 16 heavy (non-hydrogen) atoms. The summed E-state index contributed by atoms with van der Waals surface area (Å²) in [5, 5.41) is 0. The molecule has 1 aromatic rings. The highest BCUT2D eigenvalue weighted by molar-refractivity contribution is 7.84. The van der Waals surface area contributed by atoms with Crippen molar-refractivity contribution in [2.24, 2.45) is 5.92 Å². The molecule has 0 aliphatic heterocycles. The molecule has 1 fully saturated rings. The van der Waals surface area contributed by atoms with Crippen molar-refractivity contribution in [2.45, 2.75) is 31.4 Å². The first-order chi connectivity index (χ1) is 7.74. The molecular formula is C13H19NOS. The van der Waals surface area contributed by atoms with Gasteiger partial charge in [-0.1, -0.05) is 25.0 Å². The van der Waals surface area contributed by atoms with Crippen LogP contribution in [0.5, 0.6) is 0 Å². The zero-order valence-electron chi connectivity index (χ0n) is 9.52. The molecule has 1 saturated carbocycles. The molecule has 2 rings (SSSR count). The highest BCUT2D eigenvalue weighted by Gasteiger charge is 2.17. The van der Waals surface area contributed by atoms with Gasteiger partial charge in [-0.3, -0.25) is 4.21 Å². The summed E-state index contributed by atoms with van der Waals surface area (Å²) in [6.45, 7) is 0. The molecule has 1 aliphatic rings. The summed E-state index contributed by atoms with van der Waals surface area (Å²) in [6.07, 6.45) is 5.17. The Morgan fingerprint density at radius 1 is 1.31 bits per heavy atom. The van der Waals surface area contributed by atoms with Crippen LogP contribution in [0.25, 0.3) is 0 Å². The van der Waals surface area contributed by atoms with Crippen LogP contribution in [0.15, 0.2) is 24.3 Å². The molecule has 1 aliphatic carbocycles. The Hall–Kier alpha value is -0.830. The van der Waals surface area contributed by atoms with Crippen LogP contribution < -0.4 is 5.73 Å². The quantitative estimate of drug-likeness (QED) is 0.818. The monoisotopic (exact) mass is 237 g/mol. The van der Waals surface area contributed by atoms with E-state index in [4.69, 9.17) is 5.73 Å². The number of hydrogen-bond acceptors (Lipinski definition) is 2. The fourth-order valence-corrected chi connectivity index (χ4v) is 3.90. The Morgan fingerprint density at radius 3 is 2.75 bits per heavy atom. The number of nitrogens with two attached hydrogens (primary N) is 1. The summed E-state index contributed by atoms with van der Waals surface area (Å²) in [5.41, 5.74) is 7.55. The molecule has 0 spiro atoms. The van der Waals surface area contributed by atoms with Crippen molar-refractivity contribution >= 4 is 16.5 Å². The second kappa shape index (κ2) is 5.48. The molecule has 88 valence electrons. The maximum atomic E-state index is 12.0. The topological polar surface area (TPSA) is 43.1 Å². The predicted molar refractivity (Wildman–Crippen MR) is 69.5 cm³/mol. The lowest BCUT2D eigenvalue weighted by Gasteiger charge is -2.08. The zero-order valence-corrected chi connectivity index (χ0v) is 10.3. The van der Waals surface area contributed by atoms with Crippen LogP contribution in [0, 0.1) is 5.92 Å². The van der Waals surface area contributed by atoms with Crippen molar-refractivity contribution in [3.63, 3.8) is 0 Å². The van der Waals surface area contributed by atoms with E-state index in [1.165, 1.54) is 25.7 Å². The van der Waals surface area contributed by atoms with Crippen LogP contribution in [0.4, 0.5) is 5.69 Å². The maximum Gasteiger partial charge on any atom is 0.0486 e. The summed E-state index contributed by atoms with van der Waals surface area (Å²) in [5.74, 6) is 2.22. The van der Waals surface area contributed by atoms with E-state index < -0.39 is 10.8 Å². The largest absolute Gasteiger partial charge is 0.399 e. The Bertz CT molecular complexity index is 372. The minimum absolute atomic E-state index is 0.654. The number of anilines is 1. The summed E-state index contributed by atoms with van der Waals surface area (Å²) >= 11 is 0. The van der Waals surface area contributed by atoms with E-state index >= 15 is 0 Å². The van der Waals surface area contributed by atoms with Gasteiger partial charge in [0.25, 0.3) is 0 Å². The molecule has 2 N–H and O–H groups in total. The van der Waals surface area contributed by atoms with Gasteiger partial charge in [-0.05, 0) is 36.5 Å². The molecule has 1 unspecified atom stereocenters. The Balaban J connectivity index is 1.86. The standard InChI is InChI=1S/C13H19NOS/c14-13-7-3-6-12(8-13)10-16(15)9-11-4-1-2-5-11/h3,6-8,11H,1-2,4-5,9-10,14H2. The van der Waals surface area contributed by atoms with Gasteiger partial charge in [-0.25, -0.2) is 0 Å². The van der Waals surface area contributed by atoms with Gasteiger partial charge < -0.3 is 5.73 Å². The third kappa shape index (κ3) is 3.34. The van der Waals surface area contributed by atoms with Crippen molar-refractivity contribution in [3.8, 4) is 0 Å². The lowest BCUT2D eigenvalue weighted by atomic mass is 10.1. The van der Waals surface area contributed by atoms with Crippen molar-refractivity contribution in [3.05, 3.63) is 29.8 Å². The van der Waals surface area contributed by atoms with E-state index in [0.717, 1.165) is 17.0 Å². The molecule has 0 aromatic heterocycles. The Morgan fingerprint density at radius 2 is 2.06 bits per heavy atom. The van der Waals surface area contributed by atoms with E-state index in [2.05, 4.69) is 0 Å². The van der Waals surface area contributed by atoms with Gasteiger partial charge in [0.2, 0.25) is 0 Å². The van der Waals surface area contributed by atoms with Gasteiger partial charge in [-0.15, -0.1) is 0 Å². The van der Waals surface area contributed by atoms with E-state index in [1.54, 1.807) is 0 Å². The minimum Gasteiger partial charge on any atom is -0.399 e. The first-order valence-corrected chi connectivity index (χ1v) is 7.42. The normalized spacial score (nSPS) is 18.8. The van der Waals surface area contributed by atoms with E-state index in [1.807, 2.05) is 24.3 Å². The summed E-state index contributed by atoms with van der Waals surface area (Å²) < 4.78 is 12.0. The van der Waals surface area contributed by atoms with Crippen molar-refractivity contribution in [1.29, 1.82) is 0 Å². The lowest BCUT2D eigenvalue weighted by molar-refractivity contribution is 0.604. The molecule has 1 aromatic carbocycles. The van der Waals surface area contributed by atoms with Crippen LogP contribution in [-0.2, 0) is 16.6 Å². The average Bonchev–Trinajstić information content (AvgIpc) is 2.70. The molecule has 0 bridgehead atoms. The van der Waals surface area contributed by atoms with Crippen molar-refractivity contribution in [2.75, 3.05) is 11.5 Å². The van der Waals surface area contributed by atoms with Crippen molar-refractivity contribution in [1.82, 2.24) is 0 Å². The van der Waals surface area contributed by atoms with Gasteiger partial charge >= 0.3 is 0 Å². The lowest BCUT2D eigenvalue weighted by Crippen LogP contribution is -2.09.